The van der Waals surface area contributed by atoms with E-state index in [2.05, 4.69) is 15.3 Å². The molecular weight excluding hydrogens is 401 g/mol. The van der Waals surface area contributed by atoms with Gasteiger partial charge in [0.1, 0.15) is 12.4 Å². The van der Waals surface area contributed by atoms with Crippen LogP contribution in [-0.2, 0) is 24.4 Å². The first-order valence-corrected chi connectivity index (χ1v) is 9.51. The molecule has 3 aromatic heterocycles. The van der Waals surface area contributed by atoms with Crippen molar-refractivity contribution < 1.29 is 9.18 Å². The number of amides is 1. The van der Waals surface area contributed by atoms with Crippen molar-refractivity contribution >= 4 is 16.9 Å². The minimum atomic E-state index is -0.619. The van der Waals surface area contributed by atoms with Gasteiger partial charge in [-0.25, -0.2) is 14.2 Å². The fourth-order valence-corrected chi connectivity index (χ4v) is 3.21. The summed E-state index contributed by atoms with van der Waals surface area (Å²) < 4.78 is 15.3. The van der Waals surface area contributed by atoms with Crippen LogP contribution in [0.3, 0.4) is 0 Å². The zero-order valence-corrected chi connectivity index (χ0v) is 16.4. The molecule has 4 aromatic rings. The molecule has 156 valence electrons. The van der Waals surface area contributed by atoms with Crippen LogP contribution in [0.5, 0.6) is 0 Å². The van der Waals surface area contributed by atoms with Crippen LogP contribution >= 0.6 is 0 Å². The highest BCUT2D eigenvalue weighted by Crippen LogP contribution is 2.06. The molecule has 0 saturated carbocycles. The number of pyridine rings is 2. The largest absolute Gasteiger partial charge is 0.350 e. The number of aromatic nitrogens is 4. The summed E-state index contributed by atoms with van der Waals surface area (Å²) in [6.45, 7) is -0.107. The molecule has 3 heterocycles. The van der Waals surface area contributed by atoms with E-state index in [0.717, 1.165) is 10.1 Å². The van der Waals surface area contributed by atoms with Crippen molar-refractivity contribution in [1.29, 1.82) is 0 Å². The Morgan fingerprint density at radius 3 is 2.48 bits per heavy atom. The highest BCUT2D eigenvalue weighted by molar-refractivity contribution is 5.79. The average molecular weight is 419 g/mol. The molecule has 8 nitrogen and oxygen atoms in total. The Bertz CT molecular complexity index is 1350. The fraction of sp³-hybridized carbons (Fsp3) is 0.136. The van der Waals surface area contributed by atoms with Gasteiger partial charge in [0, 0.05) is 25.1 Å². The number of halogens is 1. The quantitative estimate of drug-likeness (QED) is 0.510. The summed E-state index contributed by atoms with van der Waals surface area (Å²) in [4.78, 5) is 46.6. The molecule has 0 fully saturated rings. The van der Waals surface area contributed by atoms with E-state index in [1.807, 2.05) is 0 Å². The van der Waals surface area contributed by atoms with Crippen LogP contribution in [0.15, 0.2) is 76.7 Å². The number of fused-ring (bicyclic) bond motifs is 1. The Hall–Kier alpha value is -4.14. The molecule has 4 rings (SSSR count). The molecule has 0 saturated heterocycles. The van der Waals surface area contributed by atoms with Gasteiger partial charge < -0.3 is 5.32 Å². The predicted octanol–water partition coefficient (Wildman–Crippen LogP) is 1.46. The highest BCUT2D eigenvalue weighted by atomic mass is 19.1. The fourth-order valence-electron chi connectivity index (χ4n) is 3.21. The number of hydrogen-bond donors (Lipinski definition) is 1. The summed E-state index contributed by atoms with van der Waals surface area (Å²) in [6, 6.07) is 12.4. The van der Waals surface area contributed by atoms with E-state index in [0.29, 0.717) is 5.56 Å². The first kappa shape index (κ1) is 20.1. The molecular formula is C22H18FN5O3. The predicted molar refractivity (Wildman–Crippen MR) is 112 cm³/mol. The summed E-state index contributed by atoms with van der Waals surface area (Å²) in [5.41, 5.74) is 0.604. The van der Waals surface area contributed by atoms with Gasteiger partial charge in [0.05, 0.1) is 12.1 Å². The van der Waals surface area contributed by atoms with E-state index in [-0.39, 0.29) is 36.5 Å². The lowest BCUT2D eigenvalue weighted by Gasteiger charge is -2.13. The number of benzene rings is 1. The van der Waals surface area contributed by atoms with Gasteiger partial charge in [-0.15, -0.1) is 0 Å². The number of carbonyl (C=O) groups is 1. The molecule has 0 spiro atoms. The maximum Gasteiger partial charge on any atom is 0.332 e. The van der Waals surface area contributed by atoms with Crippen LogP contribution in [-0.4, -0.2) is 25.0 Å². The second-order valence-corrected chi connectivity index (χ2v) is 6.90. The minimum absolute atomic E-state index is 0.00915. The van der Waals surface area contributed by atoms with E-state index >= 15 is 0 Å². The molecule has 9 heteroatoms. The van der Waals surface area contributed by atoms with Crippen molar-refractivity contribution in [2.45, 2.75) is 19.6 Å². The standard InChI is InChI=1S/C22H18FN5O3/c23-17-7-5-15(6-8-17)12-26-19(29)14-27-18-4-2-10-25-20(18)21(30)28(22(27)31)13-16-3-1-9-24-11-16/h1-11H,12-14H2,(H,26,29). The number of hydrogen-bond acceptors (Lipinski definition) is 5. The molecule has 31 heavy (non-hydrogen) atoms. The molecule has 0 radical (unpaired) electrons. The topological polar surface area (TPSA) is 98.9 Å². The monoisotopic (exact) mass is 419 g/mol. The van der Waals surface area contributed by atoms with E-state index in [9.17, 15) is 18.8 Å². The first-order valence-electron chi connectivity index (χ1n) is 9.51. The molecule has 1 N–H and O–H groups in total. The Kier molecular flexibility index (Phi) is 5.65. The lowest BCUT2D eigenvalue weighted by Crippen LogP contribution is -2.43. The van der Waals surface area contributed by atoms with Crippen molar-refractivity contribution in [2.75, 3.05) is 0 Å². The number of rotatable bonds is 6. The number of carbonyl (C=O) groups excluding carboxylic acids is 1. The Balaban J connectivity index is 1.66. The molecule has 0 aliphatic heterocycles. The second kappa shape index (κ2) is 8.70. The van der Waals surface area contributed by atoms with Gasteiger partial charge in [0.2, 0.25) is 5.91 Å². The Morgan fingerprint density at radius 2 is 1.74 bits per heavy atom. The lowest BCUT2D eigenvalue weighted by atomic mass is 10.2. The van der Waals surface area contributed by atoms with Crippen molar-refractivity contribution in [3.63, 3.8) is 0 Å². The zero-order chi connectivity index (χ0) is 21.8. The highest BCUT2D eigenvalue weighted by Gasteiger charge is 2.16. The van der Waals surface area contributed by atoms with Crippen LogP contribution in [0.2, 0.25) is 0 Å². The van der Waals surface area contributed by atoms with Gasteiger partial charge in [-0.2, -0.15) is 0 Å². The summed E-state index contributed by atoms with van der Waals surface area (Å²) in [6.07, 6.45) is 4.62. The summed E-state index contributed by atoms with van der Waals surface area (Å²) in [7, 11) is 0. The van der Waals surface area contributed by atoms with E-state index < -0.39 is 17.2 Å². The average Bonchev–Trinajstić information content (AvgIpc) is 2.80. The van der Waals surface area contributed by atoms with Crippen LogP contribution < -0.4 is 16.6 Å². The van der Waals surface area contributed by atoms with E-state index in [1.54, 1.807) is 48.8 Å². The van der Waals surface area contributed by atoms with E-state index in [1.165, 1.54) is 22.9 Å². The third kappa shape index (κ3) is 4.40. The smallest absolute Gasteiger partial charge is 0.332 e. The van der Waals surface area contributed by atoms with Crippen LogP contribution in [0, 0.1) is 5.82 Å². The molecule has 1 amide bonds. The Morgan fingerprint density at radius 1 is 0.968 bits per heavy atom. The third-order valence-electron chi connectivity index (χ3n) is 4.75. The van der Waals surface area contributed by atoms with Crippen molar-refractivity contribution in [1.82, 2.24) is 24.4 Å². The van der Waals surface area contributed by atoms with Crippen molar-refractivity contribution in [3.05, 3.63) is 105 Å². The van der Waals surface area contributed by atoms with Gasteiger partial charge in [-0.3, -0.25) is 23.7 Å². The third-order valence-corrected chi connectivity index (χ3v) is 4.75. The SMILES string of the molecule is O=C(Cn1c(=O)n(Cc2cccnc2)c(=O)c2ncccc21)NCc1ccc(F)cc1. The first-order chi connectivity index (χ1) is 15.0. The molecule has 0 unspecified atom stereocenters. The van der Waals surface area contributed by atoms with E-state index in [4.69, 9.17) is 0 Å². The van der Waals surface area contributed by atoms with Crippen molar-refractivity contribution in [3.8, 4) is 0 Å². The normalized spacial score (nSPS) is 10.9. The van der Waals surface area contributed by atoms with Gasteiger partial charge >= 0.3 is 5.69 Å². The maximum absolute atomic E-state index is 13.1. The summed E-state index contributed by atoms with van der Waals surface area (Å²) >= 11 is 0. The van der Waals surface area contributed by atoms with Gasteiger partial charge in [0.15, 0.2) is 5.52 Å². The van der Waals surface area contributed by atoms with Gasteiger partial charge in [-0.1, -0.05) is 18.2 Å². The molecule has 0 bridgehead atoms. The minimum Gasteiger partial charge on any atom is -0.350 e. The van der Waals surface area contributed by atoms with Crippen LogP contribution in [0.4, 0.5) is 4.39 Å². The number of nitrogens with one attached hydrogen (secondary N) is 1. The second-order valence-electron chi connectivity index (χ2n) is 6.90. The molecule has 1 aromatic carbocycles. The molecule has 0 atom stereocenters. The van der Waals surface area contributed by atoms with Gasteiger partial charge in [0.25, 0.3) is 5.56 Å². The van der Waals surface area contributed by atoms with Crippen molar-refractivity contribution in [2.24, 2.45) is 0 Å². The van der Waals surface area contributed by atoms with Crippen LogP contribution in [0.25, 0.3) is 11.0 Å². The summed E-state index contributed by atoms with van der Waals surface area (Å²) in [5.74, 6) is -0.792. The summed E-state index contributed by atoms with van der Waals surface area (Å²) in [5, 5.41) is 2.70. The molecule has 0 aliphatic carbocycles. The Labute approximate surface area is 175 Å². The lowest BCUT2D eigenvalue weighted by molar-refractivity contribution is -0.121. The van der Waals surface area contributed by atoms with Crippen LogP contribution in [0.1, 0.15) is 11.1 Å². The molecule has 0 aliphatic rings. The van der Waals surface area contributed by atoms with Gasteiger partial charge in [-0.05, 0) is 41.5 Å². The number of nitrogens with zero attached hydrogens (tertiary/aromatic N) is 4. The zero-order valence-electron chi connectivity index (χ0n) is 16.4. The maximum atomic E-state index is 13.1.